The molecule has 1 aromatic carbocycles. The van der Waals surface area contributed by atoms with Gasteiger partial charge in [-0.2, -0.15) is 5.10 Å². The number of amides is 5. The van der Waals surface area contributed by atoms with Crippen LogP contribution in [0.25, 0.3) is 5.69 Å². The second kappa shape index (κ2) is 16.0. The van der Waals surface area contributed by atoms with Crippen LogP contribution in [-0.4, -0.2) is 141 Å². The molecule has 2 saturated heterocycles. The van der Waals surface area contributed by atoms with Crippen LogP contribution in [0.4, 0.5) is 4.79 Å². The van der Waals surface area contributed by atoms with E-state index in [2.05, 4.69) is 10.4 Å². The molecule has 5 amide bonds. The lowest BCUT2D eigenvalue weighted by atomic mass is 10.1. The normalized spacial score (nSPS) is 19.5. The van der Waals surface area contributed by atoms with Crippen LogP contribution >= 0.6 is 0 Å². The molecule has 3 atom stereocenters. The van der Waals surface area contributed by atoms with Crippen LogP contribution in [0, 0.1) is 0 Å². The number of hydrogen-bond acceptors (Lipinski definition) is 9. The predicted octanol–water partition coefficient (Wildman–Crippen LogP) is 1.52. The number of piperazine rings is 1. The van der Waals surface area contributed by atoms with Crippen LogP contribution in [0.1, 0.15) is 62.9 Å². The van der Waals surface area contributed by atoms with Crippen LogP contribution in [-0.2, 0) is 23.9 Å². The van der Waals surface area contributed by atoms with E-state index in [9.17, 15) is 33.9 Å². The van der Waals surface area contributed by atoms with Crippen LogP contribution in [0.2, 0.25) is 0 Å². The van der Waals surface area contributed by atoms with E-state index >= 15 is 0 Å². The summed E-state index contributed by atoms with van der Waals surface area (Å²) < 4.78 is 12.4. The minimum absolute atomic E-state index is 0.0750. The summed E-state index contributed by atoms with van der Waals surface area (Å²) in [5, 5.41) is 16.4. The number of hydrogen-bond donors (Lipinski definition) is 2. The Morgan fingerprint density at radius 2 is 1.78 bits per heavy atom. The average molecular weight is 696 g/mol. The van der Waals surface area contributed by atoms with Gasteiger partial charge in [0.15, 0.2) is 12.3 Å². The Hall–Kier alpha value is -5.15. The Bertz CT molecular complexity index is 1580. The summed E-state index contributed by atoms with van der Waals surface area (Å²) in [5.41, 5.74) is 0.423. The van der Waals surface area contributed by atoms with Gasteiger partial charge in [-0.05, 0) is 58.1 Å². The smallest absolute Gasteiger partial charge is 0.410 e. The van der Waals surface area contributed by atoms with Crippen LogP contribution in [0.3, 0.4) is 0 Å². The summed E-state index contributed by atoms with van der Waals surface area (Å²) in [5.74, 6) is -2.72. The summed E-state index contributed by atoms with van der Waals surface area (Å²) >= 11 is 0. The molecule has 2 aliphatic heterocycles. The van der Waals surface area contributed by atoms with Gasteiger partial charge in [0.1, 0.15) is 12.1 Å². The highest BCUT2D eigenvalue weighted by Gasteiger charge is 2.40. The largest absolute Gasteiger partial charge is 0.481 e. The summed E-state index contributed by atoms with van der Waals surface area (Å²) in [6.07, 6.45) is 2.19. The maximum Gasteiger partial charge on any atom is 0.410 e. The number of likely N-dealkylation sites (tertiary alicyclic amines) is 1. The van der Waals surface area contributed by atoms with Gasteiger partial charge in [-0.15, -0.1) is 0 Å². The van der Waals surface area contributed by atoms with E-state index in [0.717, 1.165) is 12.8 Å². The molecule has 0 radical (unpaired) electrons. The molecule has 2 N–H and O–H groups in total. The van der Waals surface area contributed by atoms with Gasteiger partial charge >= 0.3 is 12.1 Å². The Balaban J connectivity index is 1.30. The highest BCUT2D eigenvalue weighted by atomic mass is 16.6. The van der Waals surface area contributed by atoms with E-state index in [1.165, 1.54) is 20.5 Å². The molecule has 0 unspecified atom stereocenters. The number of nitrogens with zero attached hydrogens (tertiary/aromatic N) is 6. The quantitative estimate of drug-likeness (QED) is 0.312. The van der Waals surface area contributed by atoms with Gasteiger partial charge in [-0.1, -0.05) is 18.2 Å². The monoisotopic (exact) mass is 695 g/mol. The zero-order valence-electron chi connectivity index (χ0n) is 28.7. The molecule has 1 aromatic heterocycles. The number of carboxylic acid groups (broad SMARTS) is 1. The van der Waals surface area contributed by atoms with Crippen molar-refractivity contribution < 1.29 is 43.3 Å². The van der Waals surface area contributed by atoms with Crippen molar-refractivity contribution in [2.24, 2.45) is 0 Å². The standard InChI is InChI=1S/C34H45N7O9/c1-4-49-34(48)39-18-17-38(20-22(39)2)32(46)25(14-15-30(43)44)35-31(45)26-19-29(41(36-26)24-9-6-5-7-10-24)50-21-28(42)40-16-8-11-27(40)33(47)37(3)23-12-13-23/h5-7,9-10,19,22-23,25,27H,4,8,11-18,20-21H2,1-3H3,(H,35,45)(H,43,44)/t22-,25-,27-/m0/s1. The molecule has 1 saturated carbocycles. The summed E-state index contributed by atoms with van der Waals surface area (Å²) in [7, 11) is 1.77. The summed E-state index contributed by atoms with van der Waals surface area (Å²) in [6, 6.07) is 8.30. The average Bonchev–Trinajstić information content (AvgIpc) is 3.67. The molecule has 16 heteroatoms. The minimum atomic E-state index is -1.19. The Morgan fingerprint density at radius 1 is 1.04 bits per heavy atom. The summed E-state index contributed by atoms with van der Waals surface area (Å²) in [4.78, 5) is 83.7. The van der Waals surface area contributed by atoms with Crippen molar-refractivity contribution in [3.8, 4) is 11.6 Å². The molecule has 1 aliphatic carbocycles. The van der Waals surface area contributed by atoms with Gasteiger partial charge in [0, 0.05) is 57.8 Å². The molecule has 0 bridgehead atoms. The van der Waals surface area contributed by atoms with Gasteiger partial charge in [-0.25, -0.2) is 9.48 Å². The number of carbonyl (C=O) groups is 6. The molecule has 3 aliphatic rings. The van der Waals surface area contributed by atoms with Gasteiger partial charge in [0.05, 0.1) is 12.3 Å². The van der Waals surface area contributed by atoms with E-state index in [-0.39, 0.29) is 74.6 Å². The lowest BCUT2D eigenvalue weighted by molar-refractivity contribution is -0.144. The van der Waals surface area contributed by atoms with Crippen molar-refractivity contribution in [3.63, 3.8) is 0 Å². The molecular weight excluding hydrogens is 650 g/mol. The first-order chi connectivity index (χ1) is 24.0. The fourth-order valence-electron chi connectivity index (χ4n) is 6.36. The van der Waals surface area contributed by atoms with Gasteiger partial charge in [0.25, 0.3) is 11.8 Å². The van der Waals surface area contributed by atoms with Crippen molar-refractivity contribution in [1.82, 2.24) is 34.7 Å². The molecule has 270 valence electrons. The minimum Gasteiger partial charge on any atom is -0.481 e. The van der Waals surface area contributed by atoms with Crippen molar-refractivity contribution in [1.29, 1.82) is 0 Å². The van der Waals surface area contributed by atoms with Crippen LogP contribution in [0.5, 0.6) is 5.88 Å². The second-order valence-electron chi connectivity index (χ2n) is 12.8. The van der Waals surface area contributed by atoms with E-state index < -0.39 is 42.6 Å². The number of likely N-dealkylation sites (N-methyl/N-ethyl adjacent to an activating group) is 1. The Morgan fingerprint density at radius 3 is 2.44 bits per heavy atom. The molecular formula is C34H45N7O9. The number of ether oxygens (including phenoxy) is 2. The number of rotatable bonds is 13. The number of carboxylic acids is 1. The van der Waals surface area contributed by atoms with Crippen LogP contribution in [0.15, 0.2) is 36.4 Å². The number of aromatic nitrogens is 2. The first kappa shape index (κ1) is 36.1. The molecule has 16 nitrogen and oxygen atoms in total. The van der Waals surface area contributed by atoms with Gasteiger partial charge in [0.2, 0.25) is 17.7 Å². The molecule has 5 rings (SSSR count). The maximum absolute atomic E-state index is 13.6. The van der Waals surface area contributed by atoms with E-state index in [4.69, 9.17) is 9.47 Å². The van der Waals surface area contributed by atoms with E-state index in [1.807, 2.05) is 0 Å². The fraction of sp³-hybridized carbons (Fsp3) is 0.559. The van der Waals surface area contributed by atoms with E-state index in [0.29, 0.717) is 25.1 Å². The Kier molecular flexibility index (Phi) is 11.6. The van der Waals surface area contributed by atoms with Crippen LogP contribution < -0.4 is 10.1 Å². The van der Waals surface area contributed by atoms with Crippen molar-refractivity contribution in [2.75, 3.05) is 46.4 Å². The van der Waals surface area contributed by atoms with Crippen molar-refractivity contribution in [2.45, 2.75) is 76.5 Å². The molecule has 0 spiro atoms. The predicted molar refractivity (Wildman–Crippen MR) is 177 cm³/mol. The number of benzene rings is 1. The number of nitrogens with one attached hydrogen (secondary N) is 1. The molecule has 3 fully saturated rings. The van der Waals surface area contributed by atoms with E-state index in [1.54, 1.807) is 61.0 Å². The lowest BCUT2D eigenvalue weighted by Crippen LogP contribution is -2.59. The molecule has 50 heavy (non-hydrogen) atoms. The topological polar surface area (TPSA) is 184 Å². The van der Waals surface area contributed by atoms with Crippen molar-refractivity contribution >= 4 is 35.7 Å². The SMILES string of the molecule is CCOC(=O)N1CCN(C(=O)[C@H](CCC(=O)O)NC(=O)c2cc(OCC(=O)N3CCC[C@H]3C(=O)N(C)C3CC3)n(-c3ccccc3)n2)C[C@@H]1C. The number of para-hydroxylation sites is 1. The fourth-order valence-corrected chi connectivity index (χ4v) is 6.36. The first-order valence-corrected chi connectivity index (χ1v) is 17.1. The molecule has 3 heterocycles. The maximum atomic E-state index is 13.6. The first-order valence-electron chi connectivity index (χ1n) is 17.1. The number of aliphatic carboxylic acids is 1. The highest BCUT2D eigenvalue weighted by Crippen LogP contribution is 2.29. The zero-order valence-corrected chi connectivity index (χ0v) is 28.7. The van der Waals surface area contributed by atoms with Crippen molar-refractivity contribution in [3.05, 3.63) is 42.1 Å². The highest BCUT2D eigenvalue weighted by molar-refractivity contribution is 5.96. The van der Waals surface area contributed by atoms with Gasteiger partial charge in [-0.3, -0.25) is 24.0 Å². The summed E-state index contributed by atoms with van der Waals surface area (Å²) in [6.45, 7) is 4.31. The zero-order chi connectivity index (χ0) is 35.9. The third kappa shape index (κ3) is 8.52. The van der Waals surface area contributed by atoms with Gasteiger partial charge < -0.3 is 39.5 Å². The molecule has 2 aromatic rings. The third-order valence-corrected chi connectivity index (χ3v) is 9.25. The Labute approximate surface area is 290 Å². The second-order valence-corrected chi connectivity index (χ2v) is 12.8. The number of carbonyl (C=O) groups excluding carboxylic acids is 5. The third-order valence-electron chi connectivity index (χ3n) is 9.25. The lowest BCUT2D eigenvalue weighted by Gasteiger charge is -2.40.